The van der Waals surface area contributed by atoms with Crippen LogP contribution in [-0.2, 0) is 4.79 Å². The first-order chi connectivity index (χ1) is 15.0. The summed E-state index contributed by atoms with van der Waals surface area (Å²) in [6.45, 7) is 6.05. The van der Waals surface area contributed by atoms with Crippen molar-refractivity contribution in [3.8, 4) is 0 Å². The lowest BCUT2D eigenvalue weighted by Crippen LogP contribution is -2.42. The van der Waals surface area contributed by atoms with Crippen molar-refractivity contribution in [3.05, 3.63) is 69.6 Å². The molecule has 2 aliphatic rings. The second kappa shape index (κ2) is 9.08. The number of amides is 2. The molecule has 0 spiro atoms. The molecule has 1 saturated carbocycles. The molecule has 1 aliphatic carbocycles. The number of benzene rings is 1. The maximum Gasteiger partial charge on any atom is 0.264 e. The van der Waals surface area contributed by atoms with E-state index in [2.05, 4.69) is 0 Å². The van der Waals surface area contributed by atoms with E-state index in [4.69, 9.17) is 0 Å². The van der Waals surface area contributed by atoms with Gasteiger partial charge in [0.1, 0.15) is 5.56 Å². The normalized spacial score (nSPS) is 18.3. The number of hydrogen-bond donors (Lipinski definition) is 0. The van der Waals surface area contributed by atoms with E-state index in [-0.39, 0.29) is 34.9 Å². The van der Waals surface area contributed by atoms with Crippen LogP contribution in [0.2, 0.25) is 0 Å². The number of pyridine rings is 1. The molecule has 0 radical (unpaired) electrons. The average Bonchev–Trinajstić information content (AvgIpc) is 2.99. The Morgan fingerprint density at radius 2 is 1.61 bits per heavy atom. The van der Waals surface area contributed by atoms with Gasteiger partial charge in [0, 0.05) is 38.3 Å². The van der Waals surface area contributed by atoms with Gasteiger partial charge in [0.25, 0.3) is 11.5 Å². The largest absolute Gasteiger partial charge is 0.341 e. The second-order valence-electron chi connectivity index (χ2n) is 8.77. The summed E-state index contributed by atoms with van der Waals surface area (Å²) in [6, 6.07) is 11.5. The minimum absolute atomic E-state index is 0.166. The summed E-state index contributed by atoms with van der Waals surface area (Å²) in [5.74, 6) is 0.177. The first-order valence-electron chi connectivity index (χ1n) is 11.3. The molecule has 6 nitrogen and oxygen atoms in total. The molecule has 1 saturated heterocycles. The van der Waals surface area contributed by atoms with Crippen LogP contribution in [0, 0.1) is 12.8 Å². The Labute approximate surface area is 183 Å². The molecule has 1 unspecified atom stereocenters. The fourth-order valence-electron chi connectivity index (χ4n) is 4.51. The molecule has 2 aromatic rings. The number of aromatic nitrogens is 1. The topological polar surface area (TPSA) is 62.6 Å². The Morgan fingerprint density at radius 3 is 2.29 bits per heavy atom. The zero-order valence-corrected chi connectivity index (χ0v) is 18.4. The summed E-state index contributed by atoms with van der Waals surface area (Å²) in [5.41, 5.74) is 1.70. The minimum Gasteiger partial charge on any atom is -0.341 e. The molecule has 164 valence electrons. The van der Waals surface area contributed by atoms with Gasteiger partial charge in [-0.2, -0.15) is 0 Å². The maximum atomic E-state index is 13.4. The summed E-state index contributed by atoms with van der Waals surface area (Å²) in [6.07, 6.45) is 5.62. The lowest BCUT2D eigenvalue weighted by atomic mass is 9.84. The van der Waals surface area contributed by atoms with Crippen molar-refractivity contribution >= 4 is 11.8 Å². The van der Waals surface area contributed by atoms with Gasteiger partial charge in [0.2, 0.25) is 5.91 Å². The molecule has 2 fully saturated rings. The minimum atomic E-state index is -0.256. The highest BCUT2D eigenvalue weighted by molar-refractivity contribution is 5.95. The molecule has 1 aromatic carbocycles. The number of carbonyl (C=O) groups is 2. The van der Waals surface area contributed by atoms with E-state index >= 15 is 0 Å². The van der Waals surface area contributed by atoms with Gasteiger partial charge in [-0.15, -0.1) is 0 Å². The van der Waals surface area contributed by atoms with Crippen LogP contribution in [-0.4, -0.2) is 52.4 Å². The first kappa shape index (κ1) is 21.3. The van der Waals surface area contributed by atoms with E-state index < -0.39 is 0 Å². The van der Waals surface area contributed by atoms with Crippen LogP contribution >= 0.6 is 0 Å². The van der Waals surface area contributed by atoms with Gasteiger partial charge in [-0.3, -0.25) is 14.4 Å². The molecule has 0 N–H and O–H groups in total. The molecular formula is C25H31N3O3. The van der Waals surface area contributed by atoms with E-state index in [1.54, 1.807) is 15.7 Å². The molecule has 0 bridgehead atoms. The third-order valence-corrected chi connectivity index (χ3v) is 6.79. The molecule has 4 rings (SSSR count). The van der Waals surface area contributed by atoms with Crippen LogP contribution in [0.25, 0.3) is 0 Å². The summed E-state index contributed by atoms with van der Waals surface area (Å²) in [4.78, 5) is 43.0. The highest BCUT2D eigenvalue weighted by Crippen LogP contribution is 2.28. The van der Waals surface area contributed by atoms with Gasteiger partial charge in [-0.1, -0.05) is 36.8 Å². The SMILES string of the molecule is Cc1ccn(C(C)c2ccccc2)c(=O)c1C(=O)N1CCCN(C(=O)C2CCC2)CC1. The number of rotatable bonds is 4. The van der Waals surface area contributed by atoms with Crippen molar-refractivity contribution in [1.82, 2.24) is 14.4 Å². The van der Waals surface area contributed by atoms with Gasteiger partial charge < -0.3 is 14.4 Å². The summed E-state index contributed by atoms with van der Waals surface area (Å²) < 4.78 is 1.64. The predicted octanol–water partition coefficient (Wildman–Crippen LogP) is 3.24. The van der Waals surface area contributed by atoms with E-state index in [1.165, 1.54) is 0 Å². The monoisotopic (exact) mass is 421 g/mol. The highest BCUT2D eigenvalue weighted by Gasteiger charge is 2.32. The number of hydrogen-bond acceptors (Lipinski definition) is 3. The van der Waals surface area contributed by atoms with Crippen LogP contribution < -0.4 is 5.56 Å². The molecular weight excluding hydrogens is 390 g/mol. The smallest absolute Gasteiger partial charge is 0.264 e. The quantitative estimate of drug-likeness (QED) is 0.761. The summed E-state index contributed by atoms with van der Waals surface area (Å²) >= 11 is 0. The summed E-state index contributed by atoms with van der Waals surface area (Å²) in [5, 5.41) is 0. The molecule has 6 heteroatoms. The average molecular weight is 422 g/mol. The molecule has 1 aromatic heterocycles. The van der Waals surface area contributed by atoms with E-state index in [9.17, 15) is 14.4 Å². The van der Waals surface area contributed by atoms with Gasteiger partial charge in [0.15, 0.2) is 0 Å². The van der Waals surface area contributed by atoms with Crippen molar-refractivity contribution in [1.29, 1.82) is 0 Å². The second-order valence-corrected chi connectivity index (χ2v) is 8.77. The Bertz CT molecular complexity index is 1010. The lowest BCUT2D eigenvalue weighted by Gasteiger charge is -2.31. The van der Waals surface area contributed by atoms with E-state index in [0.29, 0.717) is 31.7 Å². The molecule has 31 heavy (non-hydrogen) atoms. The van der Waals surface area contributed by atoms with Gasteiger partial charge in [-0.25, -0.2) is 0 Å². The van der Waals surface area contributed by atoms with Crippen LogP contribution in [0.15, 0.2) is 47.4 Å². The zero-order valence-electron chi connectivity index (χ0n) is 18.4. The van der Waals surface area contributed by atoms with Crippen molar-refractivity contribution in [2.45, 2.75) is 45.6 Å². The van der Waals surface area contributed by atoms with Gasteiger partial charge >= 0.3 is 0 Å². The van der Waals surface area contributed by atoms with Crippen LogP contribution in [0.1, 0.15) is 60.1 Å². The molecule has 2 amide bonds. The predicted molar refractivity (Wildman–Crippen MR) is 120 cm³/mol. The van der Waals surface area contributed by atoms with Gasteiger partial charge in [-0.05, 0) is 50.3 Å². The van der Waals surface area contributed by atoms with E-state index in [0.717, 1.165) is 31.2 Å². The summed E-state index contributed by atoms with van der Waals surface area (Å²) in [7, 11) is 0. The number of aryl methyl sites for hydroxylation is 1. The first-order valence-corrected chi connectivity index (χ1v) is 11.3. The third kappa shape index (κ3) is 4.29. The Kier molecular flexibility index (Phi) is 6.25. The Hall–Kier alpha value is -2.89. The van der Waals surface area contributed by atoms with Crippen molar-refractivity contribution in [3.63, 3.8) is 0 Å². The van der Waals surface area contributed by atoms with Crippen LogP contribution in [0.3, 0.4) is 0 Å². The van der Waals surface area contributed by atoms with E-state index in [1.807, 2.05) is 55.1 Å². The fraction of sp³-hybridized carbons (Fsp3) is 0.480. The number of carbonyl (C=O) groups excluding carboxylic acids is 2. The number of nitrogens with zero attached hydrogens (tertiary/aromatic N) is 3. The van der Waals surface area contributed by atoms with Gasteiger partial charge in [0.05, 0.1) is 6.04 Å². The maximum absolute atomic E-state index is 13.4. The molecule has 1 atom stereocenters. The molecule has 2 heterocycles. The lowest BCUT2D eigenvalue weighted by molar-refractivity contribution is -0.138. The fourth-order valence-corrected chi connectivity index (χ4v) is 4.51. The van der Waals surface area contributed by atoms with Crippen LogP contribution in [0.5, 0.6) is 0 Å². The van der Waals surface area contributed by atoms with Crippen molar-refractivity contribution in [2.75, 3.05) is 26.2 Å². The standard InChI is InChI=1S/C25H31N3O3/c1-18-12-15-28(19(2)20-8-4-3-5-9-20)25(31)22(18)24(30)27-14-7-13-26(16-17-27)23(29)21-10-6-11-21/h3-5,8-9,12,15,19,21H,6-7,10-11,13-14,16-17H2,1-2H3. The van der Waals surface area contributed by atoms with Crippen molar-refractivity contribution < 1.29 is 9.59 Å². The Morgan fingerprint density at radius 1 is 0.935 bits per heavy atom. The highest BCUT2D eigenvalue weighted by atomic mass is 16.2. The Balaban J connectivity index is 1.54. The van der Waals surface area contributed by atoms with Crippen LogP contribution in [0.4, 0.5) is 0 Å². The van der Waals surface area contributed by atoms with Crippen molar-refractivity contribution in [2.24, 2.45) is 5.92 Å². The zero-order chi connectivity index (χ0) is 22.0. The molecule has 1 aliphatic heterocycles. The third-order valence-electron chi connectivity index (χ3n) is 6.79.